The molecule has 1 aromatic rings. The monoisotopic (exact) mass is 287 g/mol. The topological polar surface area (TPSA) is 46.2 Å². The van der Waals surface area contributed by atoms with Crippen LogP contribution in [0.1, 0.15) is 31.2 Å². The van der Waals surface area contributed by atoms with E-state index in [4.69, 9.17) is 11.6 Å². The van der Waals surface area contributed by atoms with E-state index in [1.54, 1.807) is 24.3 Å². The molecular formula is C13H18ClNO2S. The quantitative estimate of drug-likeness (QED) is 0.869. The minimum Gasteiger partial charge on any atom is -0.207 e. The van der Waals surface area contributed by atoms with Crippen LogP contribution in [-0.4, -0.2) is 19.8 Å². The molecule has 0 aliphatic heterocycles. The van der Waals surface area contributed by atoms with Gasteiger partial charge in [0.1, 0.15) is 0 Å². The van der Waals surface area contributed by atoms with E-state index in [2.05, 4.69) is 4.72 Å². The Bertz CT molecular complexity index is 498. The standard InChI is InChI=1S/C13H18ClNO2S/c1-10-6-8-11(9-7-10)18(16,17)15-13-5-3-2-4-12(13)14/h6-9,12-13,15H,2-5H2,1H3/t12-,13-/m1/s1. The van der Waals surface area contributed by atoms with Crippen molar-refractivity contribution in [2.75, 3.05) is 0 Å². The van der Waals surface area contributed by atoms with Crippen LogP contribution >= 0.6 is 11.6 Å². The Labute approximate surface area is 114 Å². The van der Waals surface area contributed by atoms with Crippen LogP contribution < -0.4 is 4.72 Å². The Kier molecular flexibility index (Phi) is 4.30. The van der Waals surface area contributed by atoms with Crippen molar-refractivity contribution < 1.29 is 8.42 Å². The largest absolute Gasteiger partial charge is 0.240 e. The van der Waals surface area contributed by atoms with Crippen LogP contribution in [0.5, 0.6) is 0 Å². The molecule has 1 fully saturated rings. The summed E-state index contributed by atoms with van der Waals surface area (Å²) in [5, 5.41) is -0.0982. The predicted octanol–water partition coefficient (Wildman–Crippen LogP) is 2.82. The number of aryl methyl sites for hydroxylation is 1. The number of rotatable bonds is 3. The van der Waals surface area contributed by atoms with Gasteiger partial charge in [-0.15, -0.1) is 11.6 Å². The highest BCUT2D eigenvalue weighted by atomic mass is 35.5. The van der Waals surface area contributed by atoms with Gasteiger partial charge in [-0.1, -0.05) is 30.5 Å². The first kappa shape index (κ1) is 13.8. The van der Waals surface area contributed by atoms with Gasteiger partial charge in [-0.2, -0.15) is 0 Å². The normalized spacial score (nSPS) is 25.0. The zero-order valence-corrected chi connectivity index (χ0v) is 12.0. The molecule has 18 heavy (non-hydrogen) atoms. The number of hydrogen-bond acceptors (Lipinski definition) is 2. The fraction of sp³-hybridized carbons (Fsp3) is 0.538. The molecule has 1 aliphatic carbocycles. The molecule has 5 heteroatoms. The van der Waals surface area contributed by atoms with E-state index in [9.17, 15) is 8.42 Å². The first-order valence-electron chi connectivity index (χ1n) is 6.22. The number of nitrogens with one attached hydrogen (secondary N) is 1. The molecule has 2 rings (SSSR count). The van der Waals surface area contributed by atoms with Crippen molar-refractivity contribution in [3.63, 3.8) is 0 Å². The zero-order valence-electron chi connectivity index (χ0n) is 10.4. The van der Waals surface area contributed by atoms with Crippen molar-refractivity contribution in [3.8, 4) is 0 Å². The molecule has 3 nitrogen and oxygen atoms in total. The Hall–Kier alpha value is -0.580. The number of sulfonamides is 1. The van der Waals surface area contributed by atoms with Gasteiger partial charge in [0.15, 0.2) is 0 Å². The van der Waals surface area contributed by atoms with Gasteiger partial charge in [0, 0.05) is 11.4 Å². The molecule has 0 amide bonds. The van der Waals surface area contributed by atoms with Crippen molar-refractivity contribution in [3.05, 3.63) is 29.8 Å². The smallest absolute Gasteiger partial charge is 0.207 e. The number of benzene rings is 1. The minimum atomic E-state index is -3.44. The molecule has 1 aliphatic rings. The van der Waals surface area contributed by atoms with Crippen molar-refractivity contribution in [2.45, 2.75) is 48.9 Å². The van der Waals surface area contributed by atoms with Crippen LogP contribution in [0.2, 0.25) is 0 Å². The Morgan fingerprint density at radius 3 is 2.39 bits per heavy atom. The molecule has 0 spiro atoms. The SMILES string of the molecule is Cc1ccc(S(=O)(=O)N[C@@H]2CCCC[C@H]2Cl)cc1. The summed E-state index contributed by atoms with van der Waals surface area (Å²) in [5.41, 5.74) is 1.04. The average molecular weight is 288 g/mol. The van der Waals surface area contributed by atoms with Gasteiger partial charge in [-0.3, -0.25) is 0 Å². The van der Waals surface area contributed by atoms with Crippen molar-refractivity contribution in [1.82, 2.24) is 4.72 Å². The first-order valence-corrected chi connectivity index (χ1v) is 8.14. The lowest BCUT2D eigenvalue weighted by Gasteiger charge is -2.27. The molecule has 100 valence electrons. The summed E-state index contributed by atoms with van der Waals surface area (Å²) in [7, 11) is -3.44. The van der Waals surface area contributed by atoms with E-state index in [-0.39, 0.29) is 11.4 Å². The van der Waals surface area contributed by atoms with Crippen LogP contribution in [0.3, 0.4) is 0 Å². The number of hydrogen-bond donors (Lipinski definition) is 1. The van der Waals surface area contributed by atoms with Gasteiger partial charge in [0.25, 0.3) is 0 Å². The van der Waals surface area contributed by atoms with E-state index in [1.165, 1.54) is 0 Å². The maximum atomic E-state index is 12.2. The lowest BCUT2D eigenvalue weighted by molar-refractivity contribution is 0.418. The second kappa shape index (κ2) is 5.59. The van der Waals surface area contributed by atoms with Crippen LogP contribution in [-0.2, 0) is 10.0 Å². The highest BCUT2D eigenvalue weighted by Crippen LogP contribution is 2.24. The highest BCUT2D eigenvalue weighted by Gasteiger charge is 2.27. The Morgan fingerprint density at radius 2 is 1.78 bits per heavy atom. The van der Waals surface area contributed by atoms with Crippen molar-refractivity contribution in [2.24, 2.45) is 0 Å². The lowest BCUT2D eigenvalue weighted by Crippen LogP contribution is -2.42. The highest BCUT2D eigenvalue weighted by molar-refractivity contribution is 7.89. The maximum Gasteiger partial charge on any atom is 0.240 e. The summed E-state index contributed by atoms with van der Waals surface area (Å²) in [6, 6.07) is 6.71. The molecule has 0 aromatic heterocycles. The summed E-state index contributed by atoms with van der Waals surface area (Å²) >= 11 is 6.17. The lowest BCUT2D eigenvalue weighted by atomic mass is 9.96. The molecule has 1 saturated carbocycles. The average Bonchev–Trinajstić information content (AvgIpc) is 2.32. The van der Waals surface area contributed by atoms with E-state index < -0.39 is 10.0 Å². The molecule has 2 atom stereocenters. The molecule has 1 aromatic carbocycles. The van der Waals surface area contributed by atoms with Gasteiger partial charge in [0.05, 0.1) is 4.90 Å². The van der Waals surface area contributed by atoms with E-state index in [0.29, 0.717) is 4.90 Å². The Morgan fingerprint density at radius 1 is 1.17 bits per heavy atom. The maximum absolute atomic E-state index is 12.2. The minimum absolute atomic E-state index is 0.0982. The third kappa shape index (κ3) is 3.25. The number of halogens is 1. The summed E-state index contributed by atoms with van der Waals surface area (Å²) in [5.74, 6) is 0. The molecule has 0 radical (unpaired) electrons. The van der Waals surface area contributed by atoms with E-state index in [0.717, 1.165) is 31.2 Å². The van der Waals surface area contributed by atoms with E-state index in [1.807, 2.05) is 6.92 Å². The second-order valence-electron chi connectivity index (χ2n) is 4.84. The van der Waals surface area contributed by atoms with E-state index >= 15 is 0 Å². The van der Waals surface area contributed by atoms with Crippen LogP contribution in [0.15, 0.2) is 29.2 Å². The van der Waals surface area contributed by atoms with Gasteiger partial charge in [-0.05, 0) is 31.9 Å². The third-order valence-corrected chi connectivity index (χ3v) is 5.35. The zero-order chi connectivity index (χ0) is 13.2. The molecule has 0 saturated heterocycles. The van der Waals surface area contributed by atoms with Gasteiger partial charge >= 0.3 is 0 Å². The fourth-order valence-electron chi connectivity index (χ4n) is 2.20. The molecule has 0 unspecified atom stereocenters. The summed E-state index contributed by atoms with van der Waals surface area (Å²) in [4.78, 5) is 0.308. The van der Waals surface area contributed by atoms with Crippen molar-refractivity contribution >= 4 is 21.6 Å². The van der Waals surface area contributed by atoms with Gasteiger partial charge < -0.3 is 0 Å². The summed E-state index contributed by atoms with van der Waals surface area (Å²) in [6.45, 7) is 1.93. The molecule has 0 bridgehead atoms. The molecular weight excluding hydrogens is 270 g/mol. The van der Waals surface area contributed by atoms with Gasteiger partial charge in [0.2, 0.25) is 10.0 Å². The van der Waals surface area contributed by atoms with Crippen molar-refractivity contribution in [1.29, 1.82) is 0 Å². The predicted molar refractivity (Wildman–Crippen MR) is 73.4 cm³/mol. The molecule has 1 N–H and O–H groups in total. The fourth-order valence-corrected chi connectivity index (χ4v) is 3.93. The summed E-state index contributed by atoms with van der Waals surface area (Å²) < 4.78 is 27.1. The van der Waals surface area contributed by atoms with Gasteiger partial charge in [-0.25, -0.2) is 13.1 Å². The van der Waals surface area contributed by atoms with Crippen LogP contribution in [0, 0.1) is 6.92 Å². The Balaban J connectivity index is 2.13. The van der Waals surface area contributed by atoms with Crippen LogP contribution in [0.25, 0.3) is 0 Å². The third-order valence-electron chi connectivity index (χ3n) is 3.32. The second-order valence-corrected chi connectivity index (χ2v) is 7.12. The summed E-state index contributed by atoms with van der Waals surface area (Å²) in [6.07, 6.45) is 3.81. The van der Waals surface area contributed by atoms with Crippen LogP contribution in [0.4, 0.5) is 0 Å². The first-order chi connectivity index (χ1) is 8.49. The molecule has 0 heterocycles. The number of alkyl halides is 1.